The van der Waals surface area contributed by atoms with E-state index in [4.69, 9.17) is 0 Å². The summed E-state index contributed by atoms with van der Waals surface area (Å²) < 4.78 is 39.9. The Kier molecular flexibility index (Phi) is 4.64. The summed E-state index contributed by atoms with van der Waals surface area (Å²) in [6.07, 6.45) is 3.40. The van der Waals surface area contributed by atoms with Crippen molar-refractivity contribution in [3.63, 3.8) is 0 Å². The Morgan fingerprint density at radius 3 is 2.67 bits per heavy atom. The molecule has 0 radical (unpaired) electrons. The van der Waals surface area contributed by atoms with Crippen molar-refractivity contribution in [2.75, 3.05) is 5.32 Å². The molecule has 1 aliphatic rings. The molecule has 0 aromatic carbocycles. The number of aromatic nitrogens is 4. The Bertz CT molecular complexity index is 703. The van der Waals surface area contributed by atoms with Gasteiger partial charge in [-0.25, -0.2) is 9.97 Å². The molecular weight excluding hydrogens is 319 g/mol. The summed E-state index contributed by atoms with van der Waals surface area (Å²) in [4.78, 5) is 16.2. The third-order valence-electron chi connectivity index (χ3n) is 3.96. The highest BCUT2D eigenvalue weighted by Gasteiger charge is 2.38. The normalized spacial score (nSPS) is 15.7. The van der Waals surface area contributed by atoms with E-state index in [2.05, 4.69) is 25.3 Å². The first-order chi connectivity index (χ1) is 11.4. The first kappa shape index (κ1) is 16.6. The van der Waals surface area contributed by atoms with Gasteiger partial charge in [0.15, 0.2) is 5.69 Å². The van der Waals surface area contributed by atoms with E-state index in [1.807, 2.05) is 6.92 Å². The summed E-state index contributed by atoms with van der Waals surface area (Å²) in [6.45, 7) is 1.85. The number of aryl methyl sites for hydroxylation is 1. The number of alkyl halides is 3. The van der Waals surface area contributed by atoms with Crippen molar-refractivity contribution in [3.05, 3.63) is 41.2 Å². The zero-order chi connectivity index (χ0) is 17.2. The van der Waals surface area contributed by atoms with E-state index in [0.717, 1.165) is 18.5 Å². The zero-order valence-corrected chi connectivity index (χ0v) is 13.3. The maximum absolute atomic E-state index is 13.3. The highest BCUT2D eigenvalue weighted by Crippen LogP contribution is 2.35. The molecule has 0 aliphatic heterocycles. The molecule has 24 heavy (non-hydrogen) atoms. The predicted molar refractivity (Wildman–Crippen MR) is 82.5 cm³/mol. The van der Waals surface area contributed by atoms with Crippen LogP contribution < -0.4 is 5.32 Å². The Morgan fingerprint density at radius 2 is 1.96 bits per heavy atom. The predicted octanol–water partition coefficient (Wildman–Crippen LogP) is 3.21. The summed E-state index contributed by atoms with van der Waals surface area (Å²) in [5.74, 6) is 0.0272. The minimum atomic E-state index is -4.46. The molecule has 5 nitrogen and oxygen atoms in total. The Labute approximate surface area is 137 Å². The minimum Gasteiger partial charge on any atom is -0.351 e. The number of fused-ring (bicyclic) bond motifs is 1. The molecule has 8 heteroatoms. The van der Waals surface area contributed by atoms with Crippen LogP contribution in [0.25, 0.3) is 0 Å². The number of hydrogen-bond acceptors (Lipinski definition) is 5. The first-order valence-electron chi connectivity index (χ1n) is 7.92. The number of halogens is 3. The third kappa shape index (κ3) is 3.80. The van der Waals surface area contributed by atoms with Crippen molar-refractivity contribution in [2.24, 2.45) is 0 Å². The fraction of sp³-hybridized carbons (Fsp3) is 0.500. The minimum absolute atomic E-state index is 0.0272. The van der Waals surface area contributed by atoms with Crippen LogP contribution in [0.5, 0.6) is 0 Å². The molecule has 0 saturated heterocycles. The lowest BCUT2D eigenvalue weighted by atomic mass is 9.94. The molecule has 2 aromatic rings. The van der Waals surface area contributed by atoms with Gasteiger partial charge < -0.3 is 5.32 Å². The third-order valence-corrected chi connectivity index (χ3v) is 3.96. The number of hydrogen-bond donors (Lipinski definition) is 1. The molecule has 0 spiro atoms. The van der Waals surface area contributed by atoms with E-state index >= 15 is 0 Å². The molecule has 2 aromatic heterocycles. The van der Waals surface area contributed by atoms with Crippen LogP contribution in [0.3, 0.4) is 0 Å². The molecule has 2 heterocycles. The Morgan fingerprint density at radius 1 is 1.17 bits per heavy atom. The lowest BCUT2D eigenvalue weighted by Crippen LogP contribution is -2.24. The molecule has 0 unspecified atom stereocenters. The van der Waals surface area contributed by atoms with Gasteiger partial charge in [0.2, 0.25) is 5.95 Å². The highest BCUT2D eigenvalue weighted by atomic mass is 19.4. The van der Waals surface area contributed by atoms with Crippen molar-refractivity contribution in [2.45, 2.75) is 51.2 Å². The molecule has 0 saturated carbocycles. The fourth-order valence-corrected chi connectivity index (χ4v) is 2.91. The average Bonchev–Trinajstić information content (AvgIpc) is 2.54. The maximum Gasteiger partial charge on any atom is 0.433 e. The first-order valence-corrected chi connectivity index (χ1v) is 7.92. The summed E-state index contributed by atoms with van der Waals surface area (Å²) in [5.41, 5.74) is 0.714. The summed E-state index contributed by atoms with van der Waals surface area (Å²) in [5, 5.41) is 2.96. The molecule has 1 atom stereocenters. The van der Waals surface area contributed by atoms with E-state index in [0.29, 0.717) is 25.0 Å². The quantitative estimate of drug-likeness (QED) is 0.928. The van der Waals surface area contributed by atoms with Crippen LogP contribution in [0, 0.1) is 0 Å². The highest BCUT2D eigenvalue weighted by molar-refractivity contribution is 5.38. The van der Waals surface area contributed by atoms with E-state index < -0.39 is 11.9 Å². The topological polar surface area (TPSA) is 63.6 Å². The van der Waals surface area contributed by atoms with Gasteiger partial charge in [0, 0.05) is 42.3 Å². The summed E-state index contributed by atoms with van der Waals surface area (Å²) >= 11 is 0. The van der Waals surface area contributed by atoms with Crippen LogP contribution in [0.4, 0.5) is 19.1 Å². The molecule has 128 valence electrons. The van der Waals surface area contributed by atoms with Gasteiger partial charge in [0.05, 0.1) is 5.69 Å². The van der Waals surface area contributed by atoms with Crippen LogP contribution in [0.1, 0.15) is 42.4 Å². The average molecular weight is 337 g/mol. The molecule has 0 amide bonds. The van der Waals surface area contributed by atoms with Crippen molar-refractivity contribution in [3.8, 4) is 0 Å². The SMILES string of the molecule is C[C@@H](Cc1cnccn1)Nc1nc2c(c(C(F)(F)F)n1)CCCC2. The molecule has 3 rings (SSSR count). The molecule has 1 aliphatic carbocycles. The largest absolute Gasteiger partial charge is 0.433 e. The van der Waals surface area contributed by atoms with Crippen LogP contribution in [0.15, 0.2) is 18.6 Å². The van der Waals surface area contributed by atoms with Gasteiger partial charge in [-0.15, -0.1) is 0 Å². The standard InChI is InChI=1S/C16H18F3N5/c1-10(8-11-9-20-6-7-21-11)22-15-23-13-5-3-2-4-12(13)14(24-15)16(17,18)19/h6-7,9-10H,2-5,8H2,1H3,(H,22,23,24)/t10-/m0/s1. The van der Waals surface area contributed by atoms with Crippen LogP contribution in [-0.2, 0) is 25.4 Å². The van der Waals surface area contributed by atoms with E-state index in [1.54, 1.807) is 18.6 Å². The second-order valence-corrected chi connectivity index (χ2v) is 5.97. The van der Waals surface area contributed by atoms with Crippen molar-refractivity contribution in [1.29, 1.82) is 0 Å². The van der Waals surface area contributed by atoms with Crippen molar-refractivity contribution >= 4 is 5.95 Å². The lowest BCUT2D eigenvalue weighted by Gasteiger charge is -2.22. The molecule has 0 fully saturated rings. The Hall–Kier alpha value is -2.25. The van der Waals surface area contributed by atoms with Gasteiger partial charge in [-0.3, -0.25) is 9.97 Å². The smallest absolute Gasteiger partial charge is 0.351 e. The van der Waals surface area contributed by atoms with Gasteiger partial charge in [0.25, 0.3) is 0 Å². The second-order valence-electron chi connectivity index (χ2n) is 5.97. The van der Waals surface area contributed by atoms with Crippen molar-refractivity contribution in [1.82, 2.24) is 19.9 Å². The number of nitrogens with one attached hydrogen (secondary N) is 1. The van der Waals surface area contributed by atoms with E-state index in [-0.39, 0.29) is 17.6 Å². The maximum atomic E-state index is 13.3. The van der Waals surface area contributed by atoms with Gasteiger partial charge >= 0.3 is 6.18 Å². The molecule has 1 N–H and O–H groups in total. The zero-order valence-electron chi connectivity index (χ0n) is 13.3. The van der Waals surface area contributed by atoms with Crippen LogP contribution in [0.2, 0.25) is 0 Å². The van der Waals surface area contributed by atoms with E-state index in [1.165, 1.54) is 0 Å². The number of rotatable bonds is 4. The van der Waals surface area contributed by atoms with Gasteiger partial charge in [0.1, 0.15) is 0 Å². The van der Waals surface area contributed by atoms with E-state index in [9.17, 15) is 13.2 Å². The molecular formula is C16H18F3N5. The second kappa shape index (κ2) is 6.70. The number of nitrogens with zero attached hydrogens (tertiary/aromatic N) is 4. The lowest BCUT2D eigenvalue weighted by molar-refractivity contribution is -0.142. The van der Waals surface area contributed by atoms with Gasteiger partial charge in [-0.2, -0.15) is 13.2 Å². The van der Waals surface area contributed by atoms with Gasteiger partial charge in [-0.1, -0.05) is 0 Å². The van der Waals surface area contributed by atoms with Crippen LogP contribution >= 0.6 is 0 Å². The Balaban J connectivity index is 1.83. The molecule has 0 bridgehead atoms. The fourth-order valence-electron chi connectivity index (χ4n) is 2.91. The summed E-state index contributed by atoms with van der Waals surface area (Å²) in [7, 11) is 0. The monoisotopic (exact) mass is 337 g/mol. The van der Waals surface area contributed by atoms with Crippen molar-refractivity contribution < 1.29 is 13.2 Å². The van der Waals surface area contributed by atoms with Crippen LogP contribution in [-0.4, -0.2) is 26.0 Å². The van der Waals surface area contributed by atoms with Gasteiger partial charge in [-0.05, 0) is 32.6 Å². The summed E-state index contributed by atoms with van der Waals surface area (Å²) in [6, 6.07) is -0.163. The number of anilines is 1.